The van der Waals surface area contributed by atoms with Gasteiger partial charge in [0.1, 0.15) is 11.3 Å². The van der Waals surface area contributed by atoms with E-state index in [-0.39, 0.29) is 22.7 Å². The van der Waals surface area contributed by atoms with Gasteiger partial charge in [-0.3, -0.25) is 20.2 Å². The van der Waals surface area contributed by atoms with Crippen LogP contribution >= 0.6 is 0 Å². The highest BCUT2D eigenvalue weighted by atomic mass is 16.6. The Labute approximate surface area is 96.6 Å². The molecule has 1 aromatic carbocycles. The van der Waals surface area contributed by atoms with Crippen LogP contribution in [0.15, 0.2) is 23.9 Å². The molecule has 0 atom stereocenters. The van der Waals surface area contributed by atoms with Crippen molar-refractivity contribution in [2.75, 3.05) is 7.11 Å². The Hall–Kier alpha value is -2.44. The number of hydrogen-bond donors (Lipinski definition) is 0. The second-order valence-corrected chi connectivity index (χ2v) is 3.19. The first kappa shape index (κ1) is 12.6. The largest absolute Gasteiger partial charge is 0.496 e. The van der Waals surface area contributed by atoms with Crippen LogP contribution in [0.5, 0.6) is 5.75 Å². The summed E-state index contributed by atoms with van der Waals surface area (Å²) in [6, 6.07) is 4.23. The molecule has 0 bridgehead atoms. The van der Waals surface area contributed by atoms with E-state index in [2.05, 4.69) is 0 Å². The van der Waals surface area contributed by atoms with E-state index in [4.69, 9.17) is 4.74 Å². The van der Waals surface area contributed by atoms with Crippen molar-refractivity contribution in [3.8, 4) is 5.75 Å². The maximum atomic E-state index is 10.8. The van der Waals surface area contributed by atoms with E-state index in [1.54, 1.807) is 0 Å². The Morgan fingerprint density at radius 1 is 1.35 bits per heavy atom. The molecule has 0 aliphatic carbocycles. The summed E-state index contributed by atoms with van der Waals surface area (Å²) < 4.78 is 4.95. The minimum atomic E-state index is -0.615. The number of rotatable bonds is 4. The molecule has 0 aliphatic heterocycles. The Morgan fingerprint density at radius 2 is 2.00 bits per heavy atom. The summed E-state index contributed by atoms with van der Waals surface area (Å²) in [7, 11) is 1.35. The van der Waals surface area contributed by atoms with Crippen molar-refractivity contribution in [2.45, 2.75) is 6.92 Å². The minimum Gasteiger partial charge on any atom is -0.496 e. The van der Waals surface area contributed by atoms with Crippen LogP contribution < -0.4 is 4.74 Å². The van der Waals surface area contributed by atoms with Gasteiger partial charge in [0.05, 0.1) is 17.0 Å². The monoisotopic (exact) mass is 238 g/mol. The number of methoxy groups -OCH3 is 1. The standard InChI is InChI=1S/C10H10N2O5/c1-7(11(13)14)6-8-9(12(15)16)4-3-5-10(8)17-2/h3-6H,1-2H3/b7-6+. The Morgan fingerprint density at radius 3 is 2.47 bits per heavy atom. The first-order valence-electron chi connectivity index (χ1n) is 4.61. The van der Waals surface area contributed by atoms with Crippen LogP contribution in [0.2, 0.25) is 0 Å². The number of hydrogen-bond acceptors (Lipinski definition) is 5. The fourth-order valence-corrected chi connectivity index (χ4v) is 1.28. The van der Waals surface area contributed by atoms with E-state index < -0.39 is 9.85 Å². The zero-order valence-corrected chi connectivity index (χ0v) is 9.25. The fourth-order valence-electron chi connectivity index (χ4n) is 1.28. The van der Waals surface area contributed by atoms with Crippen molar-refractivity contribution in [1.82, 2.24) is 0 Å². The van der Waals surface area contributed by atoms with Crippen molar-refractivity contribution in [3.05, 3.63) is 49.7 Å². The van der Waals surface area contributed by atoms with E-state index in [9.17, 15) is 20.2 Å². The van der Waals surface area contributed by atoms with Crippen molar-refractivity contribution in [2.24, 2.45) is 0 Å². The van der Waals surface area contributed by atoms with Crippen LogP contribution in [0, 0.1) is 20.2 Å². The normalized spacial score (nSPS) is 11.1. The van der Waals surface area contributed by atoms with Gasteiger partial charge in [-0.25, -0.2) is 0 Å². The molecule has 0 saturated carbocycles. The molecular formula is C10H10N2O5. The van der Waals surface area contributed by atoms with Gasteiger partial charge in [-0.2, -0.15) is 0 Å². The summed E-state index contributed by atoms with van der Waals surface area (Å²) >= 11 is 0. The lowest BCUT2D eigenvalue weighted by atomic mass is 10.1. The van der Waals surface area contributed by atoms with Crippen LogP contribution in [-0.4, -0.2) is 17.0 Å². The second kappa shape index (κ2) is 5.06. The van der Waals surface area contributed by atoms with Gasteiger partial charge in [0.2, 0.25) is 5.70 Å². The highest BCUT2D eigenvalue weighted by molar-refractivity contribution is 5.68. The van der Waals surface area contributed by atoms with Crippen LogP contribution in [0.3, 0.4) is 0 Å². The second-order valence-electron chi connectivity index (χ2n) is 3.19. The van der Waals surface area contributed by atoms with E-state index in [0.29, 0.717) is 0 Å². The zero-order chi connectivity index (χ0) is 13.0. The van der Waals surface area contributed by atoms with E-state index in [1.807, 2.05) is 0 Å². The minimum absolute atomic E-state index is 0.0919. The van der Waals surface area contributed by atoms with E-state index in [0.717, 1.165) is 6.08 Å². The molecule has 0 heterocycles. The molecule has 0 fully saturated rings. The first-order valence-corrected chi connectivity index (χ1v) is 4.61. The summed E-state index contributed by atoms with van der Waals surface area (Å²) in [5.41, 5.74) is -0.336. The lowest BCUT2D eigenvalue weighted by Gasteiger charge is -2.04. The summed E-state index contributed by atoms with van der Waals surface area (Å²) in [5.74, 6) is 0.223. The van der Waals surface area contributed by atoms with Crippen molar-refractivity contribution < 1.29 is 14.6 Å². The molecule has 0 aromatic heterocycles. The molecule has 1 rings (SSSR count). The van der Waals surface area contributed by atoms with Gasteiger partial charge in [-0.05, 0) is 6.07 Å². The number of nitro groups is 2. The molecule has 0 N–H and O–H groups in total. The highest BCUT2D eigenvalue weighted by Crippen LogP contribution is 2.30. The highest BCUT2D eigenvalue weighted by Gasteiger charge is 2.18. The van der Waals surface area contributed by atoms with Crippen LogP contribution in [0.25, 0.3) is 6.08 Å². The third kappa shape index (κ3) is 2.77. The molecule has 0 saturated heterocycles. The number of nitro benzene ring substituents is 1. The number of benzene rings is 1. The van der Waals surface area contributed by atoms with Crippen molar-refractivity contribution in [1.29, 1.82) is 0 Å². The topological polar surface area (TPSA) is 95.5 Å². The van der Waals surface area contributed by atoms with Gasteiger partial charge in [0.15, 0.2) is 0 Å². The molecule has 90 valence electrons. The maximum absolute atomic E-state index is 10.8. The fraction of sp³-hybridized carbons (Fsp3) is 0.200. The maximum Gasteiger partial charge on any atom is 0.280 e. The third-order valence-corrected chi connectivity index (χ3v) is 2.10. The van der Waals surface area contributed by atoms with Gasteiger partial charge in [-0.15, -0.1) is 0 Å². The van der Waals surface area contributed by atoms with Gasteiger partial charge >= 0.3 is 0 Å². The smallest absolute Gasteiger partial charge is 0.280 e. The molecule has 0 amide bonds. The Balaban J connectivity index is 3.42. The van der Waals surface area contributed by atoms with Crippen molar-refractivity contribution >= 4 is 11.8 Å². The van der Waals surface area contributed by atoms with Gasteiger partial charge < -0.3 is 4.74 Å². The first-order chi connectivity index (χ1) is 7.97. The van der Waals surface area contributed by atoms with Crippen LogP contribution in [-0.2, 0) is 0 Å². The summed E-state index contributed by atoms with van der Waals surface area (Å²) in [4.78, 5) is 20.1. The summed E-state index contributed by atoms with van der Waals surface area (Å²) in [6.45, 7) is 1.26. The Bertz CT molecular complexity index is 495. The van der Waals surface area contributed by atoms with E-state index in [1.165, 1.54) is 32.2 Å². The zero-order valence-electron chi connectivity index (χ0n) is 9.25. The molecular weight excluding hydrogens is 228 g/mol. The van der Waals surface area contributed by atoms with Gasteiger partial charge in [0.25, 0.3) is 5.69 Å². The quantitative estimate of drug-likeness (QED) is 0.592. The molecule has 0 radical (unpaired) electrons. The van der Waals surface area contributed by atoms with Gasteiger partial charge in [0, 0.05) is 19.1 Å². The summed E-state index contributed by atoms with van der Waals surface area (Å²) in [5, 5.41) is 21.3. The predicted molar refractivity (Wildman–Crippen MR) is 60.3 cm³/mol. The molecule has 0 aliphatic rings. The van der Waals surface area contributed by atoms with E-state index >= 15 is 0 Å². The lowest BCUT2D eigenvalue weighted by molar-refractivity contribution is -0.422. The lowest BCUT2D eigenvalue weighted by Crippen LogP contribution is -1.98. The number of nitrogens with zero attached hydrogens (tertiary/aromatic N) is 2. The molecule has 0 unspecified atom stereocenters. The van der Waals surface area contributed by atoms with Crippen molar-refractivity contribution in [3.63, 3.8) is 0 Å². The Kier molecular flexibility index (Phi) is 3.76. The SMILES string of the molecule is COc1cccc([N+](=O)[O-])c1/C=C(\C)[N+](=O)[O-]. The summed E-state index contributed by atoms with van der Waals surface area (Å²) in [6.07, 6.45) is 1.12. The number of allylic oxidation sites excluding steroid dienone is 1. The molecule has 0 spiro atoms. The average molecular weight is 238 g/mol. The third-order valence-electron chi connectivity index (χ3n) is 2.10. The van der Waals surface area contributed by atoms with Gasteiger partial charge in [-0.1, -0.05) is 6.07 Å². The van der Waals surface area contributed by atoms with Crippen LogP contribution in [0.4, 0.5) is 5.69 Å². The number of ether oxygens (including phenoxy) is 1. The molecule has 7 nitrogen and oxygen atoms in total. The molecule has 17 heavy (non-hydrogen) atoms. The molecule has 1 aromatic rings. The van der Waals surface area contributed by atoms with Crippen LogP contribution in [0.1, 0.15) is 12.5 Å². The molecule has 7 heteroatoms. The predicted octanol–water partition coefficient (Wildman–Crippen LogP) is 2.24. The average Bonchev–Trinajstić information content (AvgIpc) is 2.28.